The smallest absolute Gasteiger partial charge is 0.193 e. The zero-order valence-electron chi connectivity index (χ0n) is 19.0. The molecule has 0 aliphatic carbocycles. The Morgan fingerprint density at radius 3 is 2.23 bits per heavy atom. The summed E-state index contributed by atoms with van der Waals surface area (Å²) in [6, 6.07) is 8.83. The van der Waals surface area contributed by atoms with E-state index in [2.05, 4.69) is 63.1 Å². The van der Waals surface area contributed by atoms with Crippen LogP contribution >= 0.6 is 24.0 Å². The number of nitrogens with zero attached hydrogens (tertiary/aromatic N) is 4. The van der Waals surface area contributed by atoms with Gasteiger partial charge in [-0.2, -0.15) is 0 Å². The van der Waals surface area contributed by atoms with E-state index < -0.39 is 0 Å². The summed E-state index contributed by atoms with van der Waals surface area (Å²) in [5.74, 6) is 1.01. The van der Waals surface area contributed by atoms with Gasteiger partial charge in [-0.15, -0.1) is 24.0 Å². The molecule has 0 aromatic heterocycles. The van der Waals surface area contributed by atoms with E-state index in [9.17, 15) is 0 Å². The molecule has 170 valence electrons. The zero-order valence-corrected chi connectivity index (χ0v) is 21.3. The highest BCUT2D eigenvalue weighted by Crippen LogP contribution is 2.16. The van der Waals surface area contributed by atoms with Gasteiger partial charge in [0.2, 0.25) is 0 Å². The van der Waals surface area contributed by atoms with Crippen molar-refractivity contribution in [3.8, 4) is 0 Å². The van der Waals surface area contributed by atoms with E-state index in [4.69, 9.17) is 4.74 Å². The molecule has 1 aromatic rings. The average Bonchev–Trinajstić information content (AvgIpc) is 2.77. The van der Waals surface area contributed by atoms with Crippen LogP contribution in [-0.2, 0) is 17.8 Å². The highest BCUT2D eigenvalue weighted by molar-refractivity contribution is 14.0. The number of nitrogens with one attached hydrogen (secondary N) is 1. The first-order valence-corrected chi connectivity index (χ1v) is 11.3. The summed E-state index contributed by atoms with van der Waals surface area (Å²) in [5, 5.41) is 3.60. The van der Waals surface area contributed by atoms with Crippen molar-refractivity contribution in [3.63, 3.8) is 0 Å². The van der Waals surface area contributed by atoms with Crippen LogP contribution in [0.4, 0.5) is 0 Å². The lowest BCUT2D eigenvalue weighted by Gasteiger charge is -2.35. The number of likely N-dealkylation sites (tertiary alicyclic amines) is 1. The van der Waals surface area contributed by atoms with Gasteiger partial charge in [0, 0.05) is 66.0 Å². The number of aliphatic imine (C=N–C) groups is 1. The maximum absolute atomic E-state index is 5.78. The Morgan fingerprint density at radius 2 is 1.63 bits per heavy atom. The van der Waals surface area contributed by atoms with Gasteiger partial charge in [0.1, 0.15) is 0 Å². The van der Waals surface area contributed by atoms with Gasteiger partial charge < -0.3 is 19.9 Å². The third-order valence-corrected chi connectivity index (χ3v) is 6.22. The summed E-state index contributed by atoms with van der Waals surface area (Å²) in [4.78, 5) is 12.0. The number of hydrogen-bond donors (Lipinski definition) is 1. The summed E-state index contributed by atoms with van der Waals surface area (Å²) >= 11 is 0. The second-order valence-corrected chi connectivity index (χ2v) is 8.02. The Bertz CT molecular complexity index is 640. The van der Waals surface area contributed by atoms with Gasteiger partial charge in [0.25, 0.3) is 0 Å². The lowest BCUT2D eigenvalue weighted by atomic mass is 10.1. The topological polar surface area (TPSA) is 43.3 Å². The number of guanidine groups is 1. The maximum atomic E-state index is 5.78. The average molecular weight is 530 g/mol. The van der Waals surface area contributed by atoms with Crippen molar-refractivity contribution < 1.29 is 4.74 Å². The lowest BCUT2D eigenvalue weighted by molar-refractivity contribution is 0.0263. The predicted octanol–water partition coefficient (Wildman–Crippen LogP) is 3.02. The van der Waals surface area contributed by atoms with Crippen LogP contribution in [0.2, 0.25) is 0 Å². The molecule has 7 heteroatoms. The number of piperazine rings is 1. The van der Waals surface area contributed by atoms with E-state index in [0.717, 1.165) is 71.2 Å². The quantitative estimate of drug-likeness (QED) is 0.334. The van der Waals surface area contributed by atoms with Crippen LogP contribution in [0.5, 0.6) is 0 Å². The minimum atomic E-state index is 0. The number of benzene rings is 1. The standard InChI is InChI=1S/C23H39N5O.HI/c1-4-26-14-16-27(17-15-26)19-21-9-7-6-8-20(21)18-25-23(24-3)28-12-10-22(11-13-28)29-5-2;/h6-9,22H,4-5,10-19H2,1-3H3,(H,24,25);1H. The summed E-state index contributed by atoms with van der Waals surface area (Å²) < 4.78 is 5.78. The van der Waals surface area contributed by atoms with Gasteiger partial charge in [-0.05, 0) is 37.4 Å². The second kappa shape index (κ2) is 13.5. The van der Waals surface area contributed by atoms with Crippen LogP contribution in [0.25, 0.3) is 0 Å². The predicted molar refractivity (Wildman–Crippen MR) is 136 cm³/mol. The summed E-state index contributed by atoms with van der Waals surface area (Å²) in [7, 11) is 1.89. The molecule has 2 fully saturated rings. The van der Waals surface area contributed by atoms with E-state index in [1.54, 1.807) is 0 Å². The van der Waals surface area contributed by atoms with Crippen molar-refractivity contribution in [2.75, 3.05) is 59.5 Å². The van der Waals surface area contributed by atoms with Crippen molar-refractivity contribution in [1.29, 1.82) is 0 Å². The molecule has 2 heterocycles. The fraction of sp³-hybridized carbons (Fsp3) is 0.696. The molecular formula is C23H40IN5O. The van der Waals surface area contributed by atoms with Crippen molar-refractivity contribution in [1.82, 2.24) is 20.0 Å². The molecule has 0 spiro atoms. The Balaban J connectivity index is 0.00000320. The molecule has 0 bridgehead atoms. The lowest BCUT2D eigenvalue weighted by Crippen LogP contribution is -2.47. The SMILES string of the molecule is CCOC1CCN(C(=NC)NCc2ccccc2CN2CCN(CC)CC2)CC1.I. The minimum Gasteiger partial charge on any atom is -0.378 e. The highest BCUT2D eigenvalue weighted by Gasteiger charge is 2.22. The Morgan fingerprint density at radius 1 is 1.00 bits per heavy atom. The first-order chi connectivity index (χ1) is 14.2. The molecule has 30 heavy (non-hydrogen) atoms. The van der Waals surface area contributed by atoms with Crippen molar-refractivity contribution in [2.24, 2.45) is 4.99 Å². The fourth-order valence-corrected chi connectivity index (χ4v) is 4.37. The molecule has 0 amide bonds. The van der Waals surface area contributed by atoms with Crippen LogP contribution in [0.1, 0.15) is 37.8 Å². The number of halogens is 1. The molecule has 0 saturated carbocycles. The summed E-state index contributed by atoms with van der Waals surface area (Å²) in [6.07, 6.45) is 2.56. The number of piperidine rings is 1. The molecule has 0 atom stereocenters. The Hall–Kier alpha value is -0.900. The molecule has 0 radical (unpaired) electrons. The van der Waals surface area contributed by atoms with E-state index in [1.165, 1.54) is 24.2 Å². The molecule has 1 aromatic carbocycles. The molecule has 3 rings (SSSR count). The number of ether oxygens (including phenoxy) is 1. The third-order valence-electron chi connectivity index (χ3n) is 6.22. The number of likely N-dealkylation sites (N-methyl/N-ethyl adjacent to an activating group) is 1. The molecule has 2 aliphatic heterocycles. The fourth-order valence-electron chi connectivity index (χ4n) is 4.37. The molecule has 6 nitrogen and oxygen atoms in total. The number of rotatable bonds is 7. The molecule has 2 saturated heterocycles. The molecular weight excluding hydrogens is 489 g/mol. The van der Waals surface area contributed by atoms with E-state index >= 15 is 0 Å². The maximum Gasteiger partial charge on any atom is 0.193 e. The van der Waals surface area contributed by atoms with Gasteiger partial charge in [-0.1, -0.05) is 31.2 Å². The van der Waals surface area contributed by atoms with E-state index in [-0.39, 0.29) is 24.0 Å². The van der Waals surface area contributed by atoms with Crippen molar-refractivity contribution in [3.05, 3.63) is 35.4 Å². The van der Waals surface area contributed by atoms with Crippen LogP contribution in [0.3, 0.4) is 0 Å². The van der Waals surface area contributed by atoms with Gasteiger partial charge in [0.05, 0.1) is 6.10 Å². The van der Waals surface area contributed by atoms with Gasteiger partial charge >= 0.3 is 0 Å². The first kappa shape index (κ1) is 25.4. The molecule has 0 unspecified atom stereocenters. The molecule has 1 N–H and O–H groups in total. The first-order valence-electron chi connectivity index (χ1n) is 11.3. The van der Waals surface area contributed by atoms with E-state index in [1.807, 2.05) is 7.05 Å². The normalized spacial score (nSPS) is 19.6. The van der Waals surface area contributed by atoms with Gasteiger partial charge in [-0.25, -0.2) is 0 Å². The van der Waals surface area contributed by atoms with Gasteiger partial charge in [0.15, 0.2) is 5.96 Å². The van der Waals surface area contributed by atoms with Gasteiger partial charge in [-0.3, -0.25) is 9.89 Å². The third kappa shape index (κ3) is 7.35. The van der Waals surface area contributed by atoms with Crippen molar-refractivity contribution in [2.45, 2.75) is 45.9 Å². The second-order valence-electron chi connectivity index (χ2n) is 8.02. The van der Waals surface area contributed by atoms with Crippen LogP contribution in [-0.4, -0.2) is 86.2 Å². The zero-order chi connectivity index (χ0) is 20.5. The number of hydrogen-bond acceptors (Lipinski definition) is 4. The van der Waals surface area contributed by atoms with Crippen molar-refractivity contribution >= 4 is 29.9 Å². The van der Waals surface area contributed by atoms with E-state index in [0.29, 0.717) is 6.10 Å². The molecule has 2 aliphatic rings. The Kier molecular flexibility index (Phi) is 11.4. The summed E-state index contributed by atoms with van der Waals surface area (Å²) in [5.41, 5.74) is 2.80. The summed E-state index contributed by atoms with van der Waals surface area (Å²) in [6.45, 7) is 14.9. The monoisotopic (exact) mass is 529 g/mol. The van der Waals surface area contributed by atoms with Crippen LogP contribution in [0, 0.1) is 0 Å². The highest BCUT2D eigenvalue weighted by atomic mass is 127. The largest absolute Gasteiger partial charge is 0.378 e. The Labute approximate surface area is 200 Å². The van der Waals surface area contributed by atoms with Crippen LogP contribution in [0.15, 0.2) is 29.3 Å². The minimum absolute atomic E-state index is 0. The van der Waals surface area contributed by atoms with Crippen LogP contribution < -0.4 is 5.32 Å².